The van der Waals surface area contributed by atoms with Crippen molar-refractivity contribution in [1.82, 2.24) is 18.7 Å². The lowest BCUT2D eigenvalue weighted by molar-refractivity contribution is 0.340. The number of benzene rings is 2. The van der Waals surface area contributed by atoms with Crippen molar-refractivity contribution in [3.63, 3.8) is 0 Å². The van der Waals surface area contributed by atoms with E-state index in [0.717, 1.165) is 21.4 Å². The van der Waals surface area contributed by atoms with E-state index in [-0.39, 0.29) is 0 Å². The van der Waals surface area contributed by atoms with Gasteiger partial charge in [0.15, 0.2) is 11.2 Å². The predicted molar refractivity (Wildman–Crippen MR) is 121 cm³/mol. The zero-order valence-electron chi connectivity index (χ0n) is 17.6. The summed E-state index contributed by atoms with van der Waals surface area (Å²) in [5, 5.41) is 0. The number of nitrogens with zero attached hydrogens (tertiary/aromatic N) is 5. The number of ether oxygens (including phenoxy) is 1. The quantitative estimate of drug-likeness (QED) is 0.452. The maximum absolute atomic E-state index is 12.9. The highest BCUT2D eigenvalue weighted by Crippen LogP contribution is 2.20. The Hall–Kier alpha value is -3.94. The van der Waals surface area contributed by atoms with E-state index < -0.39 is 11.2 Å². The highest BCUT2D eigenvalue weighted by Gasteiger charge is 2.19. The number of rotatable bonds is 6. The van der Waals surface area contributed by atoms with Gasteiger partial charge in [0.05, 0.1) is 13.2 Å². The standard InChI is InChI=1S/C23H23N5O3/c1-4-31-18-12-10-16(11-13-18)14-24-22-25-20-19(21(29)27(3)23(30)26(20)2)28(22)15-17-8-6-5-7-9-17/h5-14H,4,15H2,1-3H3. The molecule has 0 saturated heterocycles. The summed E-state index contributed by atoms with van der Waals surface area (Å²) in [5.41, 5.74) is 1.68. The lowest BCUT2D eigenvalue weighted by Gasteiger charge is -2.08. The second-order valence-corrected chi connectivity index (χ2v) is 7.12. The third-order valence-electron chi connectivity index (χ3n) is 5.03. The van der Waals surface area contributed by atoms with Crippen molar-refractivity contribution >= 4 is 23.3 Å². The fourth-order valence-electron chi connectivity index (χ4n) is 3.40. The van der Waals surface area contributed by atoms with E-state index in [1.165, 1.54) is 11.6 Å². The summed E-state index contributed by atoms with van der Waals surface area (Å²) in [6.45, 7) is 2.94. The Balaban J connectivity index is 1.84. The van der Waals surface area contributed by atoms with E-state index in [2.05, 4.69) is 9.98 Å². The molecule has 2 heterocycles. The van der Waals surface area contributed by atoms with Crippen molar-refractivity contribution in [3.05, 3.63) is 86.6 Å². The van der Waals surface area contributed by atoms with Gasteiger partial charge in [-0.2, -0.15) is 4.98 Å². The van der Waals surface area contributed by atoms with Crippen LogP contribution in [0.25, 0.3) is 11.2 Å². The Morgan fingerprint density at radius 2 is 1.71 bits per heavy atom. The van der Waals surface area contributed by atoms with E-state index in [4.69, 9.17) is 4.74 Å². The summed E-state index contributed by atoms with van der Waals surface area (Å²) in [7, 11) is 3.07. The molecule has 0 unspecified atom stereocenters. The Bertz CT molecular complexity index is 1360. The summed E-state index contributed by atoms with van der Waals surface area (Å²) in [4.78, 5) is 34.4. The SMILES string of the molecule is CCOc1ccc(C=Nc2nc3c(c(=O)n(C)c(=O)n3C)n2Cc2ccccc2)cc1. The minimum absolute atomic E-state index is 0.308. The van der Waals surface area contributed by atoms with Gasteiger partial charge in [-0.1, -0.05) is 30.3 Å². The Morgan fingerprint density at radius 3 is 2.39 bits per heavy atom. The van der Waals surface area contributed by atoms with E-state index >= 15 is 0 Å². The Labute approximate surface area is 178 Å². The van der Waals surface area contributed by atoms with Gasteiger partial charge in [0.2, 0.25) is 5.95 Å². The normalized spacial score (nSPS) is 11.5. The number of aromatic nitrogens is 4. The van der Waals surface area contributed by atoms with E-state index in [1.807, 2.05) is 61.5 Å². The van der Waals surface area contributed by atoms with Crippen LogP contribution in [0, 0.1) is 0 Å². The van der Waals surface area contributed by atoms with Crippen LogP contribution in [0.3, 0.4) is 0 Å². The average Bonchev–Trinajstić information content (AvgIpc) is 3.15. The molecule has 158 valence electrons. The highest BCUT2D eigenvalue weighted by atomic mass is 16.5. The molecule has 4 aromatic rings. The first-order valence-electron chi connectivity index (χ1n) is 9.96. The van der Waals surface area contributed by atoms with Gasteiger partial charge in [0, 0.05) is 20.3 Å². The maximum Gasteiger partial charge on any atom is 0.332 e. The summed E-state index contributed by atoms with van der Waals surface area (Å²) in [6.07, 6.45) is 1.68. The van der Waals surface area contributed by atoms with Crippen molar-refractivity contribution in [2.75, 3.05) is 6.61 Å². The molecule has 0 amide bonds. The Kier molecular flexibility index (Phi) is 5.53. The molecule has 0 atom stereocenters. The summed E-state index contributed by atoms with van der Waals surface area (Å²) in [5.74, 6) is 1.14. The molecular formula is C23H23N5O3. The largest absolute Gasteiger partial charge is 0.494 e. The first kappa shape index (κ1) is 20.3. The topological polar surface area (TPSA) is 83.4 Å². The lowest BCUT2D eigenvalue weighted by atomic mass is 10.2. The van der Waals surface area contributed by atoms with Gasteiger partial charge in [-0.05, 0) is 42.3 Å². The minimum Gasteiger partial charge on any atom is -0.494 e. The van der Waals surface area contributed by atoms with Crippen molar-refractivity contribution in [2.24, 2.45) is 19.1 Å². The zero-order valence-corrected chi connectivity index (χ0v) is 17.6. The van der Waals surface area contributed by atoms with Crippen LogP contribution in [-0.4, -0.2) is 31.5 Å². The van der Waals surface area contributed by atoms with Crippen LogP contribution >= 0.6 is 0 Å². The minimum atomic E-state index is -0.427. The second-order valence-electron chi connectivity index (χ2n) is 7.12. The number of aryl methyl sites for hydroxylation is 1. The molecule has 0 fully saturated rings. The number of fused-ring (bicyclic) bond motifs is 1. The molecule has 8 nitrogen and oxygen atoms in total. The van der Waals surface area contributed by atoms with Crippen molar-refractivity contribution in [3.8, 4) is 5.75 Å². The Morgan fingerprint density at radius 1 is 1.00 bits per heavy atom. The molecule has 0 saturated carbocycles. The van der Waals surface area contributed by atoms with Gasteiger partial charge >= 0.3 is 5.69 Å². The third kappa shape index (κ3) is 3.92. The van der Waals surface area contributed by atoms with Crippen LogP contribution in [0.4, 0.5) is 5.95 Å². The molecule has 8 heteroatoms. The van der Waals surface area contributed by atoms with Crippen molar-refractivity contribution < 1.29 is 4.74 Å². The van der Waals surface area contributed by atoms with Crippen LogP contribution in [-0.2, 0) is 20.6 Å². The zero-order chi connectivity index (χ0) is 22.0. The second kappa shape index (κ2) is 8.43. The summed E-state index contributed by atoms with van der Waals surface area (Å²) >= 11 is 0. The van der Waals surface area contributed by atoms with E-state index in [0.29, 0.717) is 30.3 Å². The van der Waals surface area contributed by atoms with Crippen LogP contribution in [0.15, 0.2) is 69.2 Å². The first-order chi connectivity index (χ1) is 15.0. The molecule has 0 N–H and O–H groups in total. The third-order valence-corrected chi connectivity index (χ3v) is 5.03. The molecule has 0 radical (unpaired) electrons. The lowest BCUT2D eigenvalue weighted by Crippen LogP contribution is -2.37. The molecule has 2 aromatic heterocycles. The molecule has 4 rings (SSSR count). The smallest absolute Gasteiger partial charge is 0.332 e. The van der Waals surface area contributed by atoms with Crippen molar-refractivity contribution in [1.29, 1.82) is 0 Å². The van der Waals surface area contributed by atoms with Crippen LogP contribution < -0.4 is 16.0 Å². The average molecular weight is 417 g/mol. The number of imidazole rings is 1. The monoisotopic (exact) mass is 417 g/mol. The fraction of sp³-hybridized carbons (Fsp3) is 0.217. The van der Waals surface area contributed by atoms with Gasteiger partial charge in [0.25, 0.3) is 5.56 Å². The molecule has 2 aromatic carbocycles. The van der Waals surface area contributed by atoms with Gasteiger partial charge < -0.3 is 4.74 Å². The van der Waals surface area contributed by atoms with Gasteiger partial charge in [-0.25, -0.2) is 9.79 Å². The highest BCUT2D eigenvalue weighted by molar-refractivity contribution is 5.83. The van der Waals surface area contributed by atoms with Crippen LogP contribution in [0.2, 0.25) is 0 Å². The molecule has 0 spiro atoms. The molecule has 0 aliphatic heterocycles. The van der Waals surface area contributed by atoms with Gasteiger partial charge in [0.1, 0.15) is 5.75 Å². The molecule has 0 bridgehead atoms. The van der Waals surface area contributed by atoms with Crippen LogP contribution in [0.1, 0.15) is 18.1 Å². The predicted octanol–water partition coefficient (Wildman–Crippen LogP) is 2.63. The molecule has 31 heavy (non-hydrogen) atoms. The van der Waals surface area contributed by atoms with Crippen LogP contribution in [0.5, 0.6) is 5.75 Å². The number of aliphatic imine (C=N–C) groups is 1. The fourth-order valence-corrected chi connectivity index (χ4v) is 3.40. The molecule has 0 aliphatic carbocycles. The number of hydrogen-bond donors (Lipinski definition) is 0. The van der Waals surface area contributed by atoms with Gasteiger partial charge in [-0.3, -0.25) is 18.5 Å². The molecule has 0 aliphatic rings. The van der Waals surface area contributed by atoms with E-state index in [1.54, 1.807) is 17.8 Å². The maximum atomic E-state index is 12.9. The van der Waals surface area contributed by atoms with Gasteiger partial charge in [-0.15, -0.1) is 0 Å². The number of hydrogen-bond acceptors (Lipinski definition) is 5. The first-order valence-corrected chi connectivity index (χ1v) is 9.96. The van der Waals surface area contributed by atoms with E-state index in [9.17, 15) is 9.59 Å². The molecular weight excluding hydrogens is 394 g/mol. The summed E-state index contributed by atoms with van der Waals surface area (Å²) in [6, 6.07) is 17.3. The summed E-state index contributed by atoms with van der Waals surface area (Å²) < 4.78 is 9.67. The van der Waals surface area contributed by atoms with Crippen molar-refractivity contribution in [2.45, 2.75) is 13.5 Å².